The quantitative estimate of drug-likeness (QED) is 0.278. The lowest BCUT2D eigenvalue weighted by atomic mass is 9.66. The van der Waals surface area contributed by atoms with Gasteiger partial charge < -0.3 is 14.5 Å². The van der Waals surface area contributed by atoms with E-state index in [1.54, 1.807) is 6.92 Å². The molecule has 0 spiro atoms. The molecule has 1 saturated heterocycles. The number of benzene rings is 1. The number of hydrogen-bond acceptors (Lipinski definition) is 8. The maximum atomic E-state index is 13.2. The first-order valence-corrected chi connectivity index (χ1v) is 10.8. The Bertz CT molecular complexity index is 969. The number of H-pyrrole nitrogens is 1. The fourth-order valence-corrected chi connectivity index (χ4v) is 4.60. The van der Waals surface area contributed by atoms with E-state index in [-0.39, 0.29) is 18.8 Å². The minimum absolute atomic E-state index is 0.00442. The summed E-state index contributed by atoms with van der Waals surface area (Å²) in [5, 5.41) is 0.513. The number of Topliss-reactive ketones (excluding diaryl/α,β-unsaturated/α-hetero) is 2. The number of para-hydroxylation sites is 2. The number of unbranched alkanes of at least 4 members (excludes halogenated alkanes) is 1. The number of carbonyl (C=O) groups excluding carboxylic acids is 4. The van der Waals surface area contributed by atoms with Crippen LogP contribution in [0.5, 0.6) is 0 Å². The van der Waals surface area contributed by atoms with Gasteiger partial charge in [0.25, 0.3) is 5.78 Å². The highest BCUT2D eigenvalue weighted by molar-refractivity contribution is 7.99. The fraction of sp³-hybridized carbons (Fsp3) is 0.476. The Balaban J connectivity index is 1.90. The van der Waals surface area contributed by atoms with Gasteiger partial charge in [-0.1, -0.05) is 43.7 Å². The first kappa shape index (κ1) is 22.0. The zero-order chi connectivity index (χ0) is 21.9. The maximum Gasteiger partial charge on any atom is 0.377 e. The van der Waals surface area contributed by atoms with Crippen LogP contribution in [-0.2, 0) is 28.7 Å². The summed E-state index contributed by atoms with van der Waals surface area (Å²) in [6, 6.07) is 7.43. The second-order valence-electron chi connectivity index (χ2n) is 7.25. The predicted octanol–water partition coefficient (Wildman–Crippen LogP) is 2.85. The third kappa shape index (κ3) is 3.51. The van der Waals surface area contributed by atoms with Crippen LogP contribution in [0.4, 0.5) is 0 Å². The number of ketones is 2. The molecule has 9 heteroatoms. The van der Waals surface area contributed by atoms with Gasteiger partial charge in [-0.25, -0.2) is 9.78 Å². The van der Waals surface area contributed by atoms with Crippen LogP contribution in [0.25, 0.3) is 11.0 Å². The number of aromatic amines is 1. The van der Waals surface area contributed by atoms with Crippen LogP contribution >= 0.6 is 11.8 Å². The van der Waals surface area contributed by atoms with Crippen molar-refractivity contribution in [2.24, 2.45) is 5.41 Å². The van der Waals surface area contributed by atoms with Gasteiger partial charge >= 0.3 is 11.9 Å². The Kier molecular flexibility index (Phi) is 6.30. The molecule has 1 aromatic carbocycles. The van der Waals surface area contributed by atoms with Crippen LogP contribution < -0.4 is 0 Å². The highest BCUT2D eigenvalue weighted by atomic mass is 32.2. The molecule has 2 heterocycles. The first-order chi connectivity index (χ1) is 14.3. The summed E-state index contributed by atoms with van der Waals surface area (Å²) >= 11 is 1.12. The van der Waals surface area contributed by atoms with Gasteiger partial charge in [0.05, 0.1) is 23.4 Å². The van der Waals surface area contributed by atoms with E-state index in [1.165, 1.54) is 6.92 Å². The SMILES string of the molecule is CCCCC1(C(=O)OCC)C(=O)C(=O)OC1(C)C(=O)CSc1nc2ccccc2[nH]1. The summed E-state index contributed by atoms with van der Waals surface area (Å²) in [7, 11) is 0. The third-order valence-corrected chi connectivity index (χ3v) is 6.33. The van der Waals surface area contributed by atoms with Gasteiger partial charge in [-0.2, -0.15) is 0 Å². The van der Waals surface area contributed by atoms with Crippen molar-refractivity contribution in [3.8, 4) is 0 Å². The van der Waals surface area contributed by atoms with E-state index in [0.717, 1.165) is 22.8 Å². The predicted molar refractivity (Wildman–Crippen MR) is 110 cm³/mol. The van der Waals surface area contributed by atoms with Gasteiger partial charge in [-0.3, -0.25) is 14.4 Å². The van der Waals surface area contributed by atoms with Crippen LogP contribution in [-0.4, -0.2) is 51.4 Å². The summed E-state index contributed by atoms with van der Waals surface area (Å²) in [4.78, 5) is 58.7. The van der Waals surface area contributed by atoms with Crippen LogP contribution in [0.2, 0.25) is 0 Å². The van der Waals surface area contributed by atoms with E-state index in [0.29, 0.717) is 18.0 Å². The summed E-state index contributed by atoms with van der Waals surface area (Å²) in [5.41, 5.74) is -2.32. The number of esters is 2. The molecule has 2 atom stereocenters. The number of hydrogen-bond donors (Lipinski definition) is 1. The van der Waals surface area contributed by atoms with Crippen molar-refractivity contribution in [2.45, 2.75) is 50.8 Å². The number of rotatable bonds is 9. The Hall–Kier alpha value is -2.68. The van der Waals surface area contributed by atoms with Crippen LogP contribution in [0.3, 0.4) is 0 Å². The fourth-order valence-electron chi connectivity index (χ4n) is 3.71. The normalized spacial score (nSPS) is 23.6. The van der Waals surface area contributed by atoms with Crippen LogP contribution in [0.15, 0.2) is 29.4 Å². The van der Waals surface area contributed by atoms with Crippen molar-refractivity contribution in [1.29, 1.82) is 0 Å². The van der Waals surface area contributed by atoms with E-state index in [2.05, 4.69) is 9.97 Å². The summed E-state index contributed by atoms with van der Waals surface area (Å²) in [5.74, 6) is -3.76. The molecule has 30 heavy (non-hydrogen) atoms. The van der Waals surface area contributed by atoms with Crippen molar-refractivity contribution in [3.63, 3.8) is 0 Å². The first-order valence-electron chi connectivity index (χ1n) is 9.86. The van der Waals surface area contributed by atoms with Crippen molar-refractivity contribution >= 4 is 46.3 Å². The summed E-state index contributed by atoms with van der Waals surface area (Å²) in [6.45, 7) is 4.84. The standard InChI is InChI=1S/C21H24N2O6S/c1-4-6-11-21(18(27)28-5-2)16(25)17(26)29-20(21,3)15(24)12-30-19-22-13-9-7-8-10-14(13)23-19/h7-10H,4-6,11-12H2,1-3H3,(H,22,23). The summed E-state index contributed by atoms with van der Waals surface area (Å²) in [6.07, 6.45) is 1.13. The monoisotopic (exact) mass is 432 g/mol. The molecule has 8 nitrogen and oxygen atoms in total. The number of carbonyl (C=O) groups is 4. The van der Waals surface area contributed by atoms with Gasteiger partial charge in [0.15, 0.2) is 22.0 Å². The molecule has 0 radical (unpaired) electrons. The van der Waals surface area contributed by atoms with E-state index < -0.39 is 34.5 Å². The molecule has 1 fully saturated rings. The number of nitrogens with zero attached hydrogens (tertiary/aromatic N) is 1. The number of nitrogens with one attached hydrogen (secondary N) is 1. The number of cyclic esters (lactones) is 1. The minimum atomic E-state index is -1.97. The lowest BCUT2D eigenvalue weighted by Gasteiger charge is -2.36. The van der Waals surface area contributed by atoms with E-state index in [1.807, 2.05) is 31.2 Å². The number of aromatic nitrogens is 2. The molecule has 2 unspecified atom stereocenters. The highest BCUT2D eigenvalue weighted by Crippen LogP contribution is 2.48. The van der Waals surface area contributed by atoms with Crippen LogP contribution in [0, 0.1) is 5.41 Å². The number of ether oxygens (including phenoxy) is 2. The third-order valence-electron chi connectivity index (χ3n) is 5.45. The average molecular weight is 432 g/mol. The zero-order valence-corrected chi connectivity index (χ0v) is 18.0. The number of fused-ring (bicyclic) bond motifs is 1. The Labute approximate surface area is 178 Å². The van der Waals surface area contributed by atoms with E-state index in [4.69, 9.17) is 9.47 Å². The lowest BCUT2D eigenvalue weighted by molar-refractivity contribution is -0.175. The largest absolute Gasteiger partial charge is 0.465 e. The molecule has 1 aromatic heterocycles. The van der Waals surface area contributed by atoms with Crippen LogP contribution in [0.1, 0.15) is 40.0 Å². The molecule has 160 valence electrons. The number of thioether (sulfide) groups is 1. The van der Waals surface area contributed by atoms with Crippen molar-refractivity contribution in [1.82, 2.24) is 9.97 Å². The lowest BCUT2D eigenvalue weighted by Crippen LogP contribution is -2.57. The topological polar surface area (TPSA) is 115 Å². The van der Waals surface area contributed by atoms with E-state index in [9.17, 15) is 19.2 Å². The van der Waals surface area contributed by atoms with Crippen molar-refractivity contribution < 1.29 is 28.7 Å². The average Bonchev–Trinajstić information content (AvgIpc) is 3.23. The molecule has 2 aromatic rings. The molecule has 0 bridgehead atoms. The van der Waals surface area contributed by atoms with Gasteiger partial charge in [0.2, 0.25) is 0 Å². The molecular formula is C21H24N2O6S. The van der Waals surface area contributed by atoms with Crippen molar-refractivity contribution in [2.75, 3.05) is 12.4 Å². The smallest absolute Gasteiger partial charge is 0.377 e. The molecule has 0 saturated carbocycles. The van der Waals surface area contributed by atoms with Gasteiger partial charge in [-0.05, 0) is 32.4 Å². The molecule has 0 amide bonds. The Morgan fingerprint density at radius 3 is 2.63 bits per heavy atom. The van der Waals surface area contributed by atoms with Gasteiger partial charge in [-0.15, -0.1) is 0 Å². The second kappa shape index (κ2) is 8.59. The zero-order valence-electron chi connectivity index (χ0n) is 17.1. The minimum Gasteiger partial charge on any atom is -0.465 e. The highest BCUT2D eigenvalue weighted by Gasteiger charge is 2.72. The van der Waals surface area contributed by atoms with Gasteiger partial charge in [0.1, 0.15) is 0 Å². The van der Waals surface area contributed by atoms with Crippen molar-refractivity contribution in [3.05, 3.63) is 24.3 Å². The second-order valence-corrected chi connectivity index (χ2v) is 8.22. The Morgan fingerprint density at radius 1 is 1.23 bits per heavy atom. The van der Waals surface area contributed by atoms with E-state index >= 15 is 0 Å². The maximum absolute atomic E-state index is 13.2. The molecule has 1 aliphatic rings. The molecular weight excluding hydrogens is 408 g/mol. The summed E-state index contributed by atoms with van der Waals surface area (Å²) < 4.78 is 10.4. The molecule has 1 N–H and O–H groups in total. The Morgan fingerprint density at radius 2 is 1.97 bits per heavy atom. The van der Waals surface area contributed by atoms with Gasteiger partial charge in [0, 0.05) is 0 Å². The molecule has 1 aliphatic heterocycles. The number of imidazole rings is 1. The molecule has 3 rings (SSSR count). The molecule has 0 aliphatic carbocycles.